The van der Waals surface area contributed by atoms with E-state index in [-0.39, 0.29) is 5.54 Å². The fourth-order valence-electron chi connectivity index (χ4n) is 1.54. The number of aliphatic hydroxyl groups excluding tert-OH is 1. The molecule has 1 unspecified atom stereocenters. The van der Waals surface area contributed by atoms with Gasteiger partial charge in [-0.2, -0.15) is 5.26 Å². The first-order chi connectivity index (χ1) is 7.40. The molecule has 0 spiro atoms. The van der Waals surface area contributed by atoms with E-state index in [4.69, 9.17) is 5.26 Å². The fourth-order valence-corrected chi connectivity index (χ4v) is 1.54. The standard InChI is InChI=1S/C13H18N2O/c1-13(2,3)15-12(16)8-10-5-4-6-11(7-10)9-14/h4-7,12,15-16H,8H2,1-3H3. The molecule has 2 N–H and O–H groups in total. The molecule has 1 aromatic carbocycles. The highest BCUT2D eigenvalue weighted by atomic mass is 16.3. The minimum absolute atomic E-state index is 0.119. The predicted molar refractivity (Wildman–Crippen MR) is 63.8 cm³/mol. The van der Waals surface area contributed by atoms with Crippen molar-refractivity contribution in [3.05, 3.63) is 35.4 Å². The molecule has 3 nitrogen and oxygen atoms in total. The Morgan fingerprint density at radius 2 is 2.12 bits per heavy atom. The molecule has 0 aliphatic rings. The van der Waals surface area contributed by atoms with Crippen molar-refractivity contribution in [2.75, 3.05) is 0 Å². The van der Waals surface area contributed by atoms with Gasteiger partial charge in [-0.1, -0.05) is 12.1 Å². The van der Waals surface area contributed by atoms with Crippen LogP contribution in [0.15, 0.2) is 24.3 Å². The van der Waals surface area contributed by atoms with Crippen molar-refractivity contribution in [1.82, 2.24) is 5.32 Å². The normalized spacial score (nSPS) is 13.2. The summed E-state index contributed by atoms with van der Waals surface area (Å²) in [5.74, 6) is 0. The minimum atomic E-state index is -0.589. The third kappa shape index (κ3) is 4.43. The van der Waals surface area contributed by atoms with E-state index in [0.29, 0.717) is 12.0 Å². The number of nitriles is 1. The molecule has 0 radical (unpaired) electrons. The van der Waals surface area contributed by atoms with Crippen LogP contribution in [0.5, 0.6) is 0 Å². The molecule has 0 heterocycles. The third-order valence-electron chi connectivity index (χ3n) is 2.08. The molecule has 0 amide bonds. The highest BCUT2D eigenvalue weighted by molar-refractivity contribution is 5.32. The first kappa shape index (κ1) is 12.7. The van der Waals surface area contributed by atoms with Gasteiger partial charge in [0.1, 0.15) is 6.23 Å². The lowest BCUT2D eigenvalue weighted by Gasteiger charge is -2.25. The second-order valence-corrected chi connectivity index (χ2v) is 4.93. The molecular weight excluding hydrogens is 200 g/mol. The summed E-state index contributed by atoms with van der Waals surface area (Å²) in [5.41, 5.74) is 1.47. The summed E-state index contributed by atoms with van der Waals surface area (Å²) in [4.78, 5) is 0. The monoisotopic (exact) mass is 218 g/mol. The average Bonchev–Trinajstić information content (AvgIpc) is 2.15. The number of hydrogen-bond acceptors (Lipinski definition) is 3. The molecule has 0 saturated heterocycles. The number of benzene rings is 1. The summed E-state index contributed by atoms with van der Waals surface area (Å²) in [6.45, 7) is 6.01. The predicted octanol–water partition coefficient (Wildman–Crippen LogP) is 1.81. The smallest absolute Gasteiger partial charge is 0.109 e. The fraction of sp³-hybridized carbons (Fsp3) is 0.462. The van der Waals surface area contributed by atoms with Crippen molar-refractivity contribution >= 4 is 0 Å². The van der Waals surface area contributed by atoms with Gasteiger partial charge >= 0.3 is 0 Å². The second kappa shape index (κ2) is 5.11. The van der Waals surface area contributed by atoms with Crippen molar-refractivity contribution in [3.63, 3.8) is 0 Å². The molecule has 0 bridgehead atoms. The molecule has 0 fully saturated rings. The van der Waals surface area contributed by atoms with E-state index in [1.807, 2.05) is 32.9 Å². The zero-order valence-corrected chi connectivity index (χ0v) is 9.99. The van der Waals surface area contributed by atoms with Gasteiger partial charge in [0.2, 0.25) is 0 Å². The first-order valence-corrected chi connectivity index (χ1v) is 5.35. The Labute approximate surface area is 96.7 Å². The average molecular weight is 218 g/mol. The van der Waals surface area contributed by atoms with Crippen LogP contribution in [0.3, 0.4) is 0 Å². The van der Waals surface area contributed by atoms with Gasteiger partial charge in [-0.15, -0.1) is 0 Å². The van der Waals surface area contributed by atoms with E-state index in [2.05, 4.69) is 11.4 Å². The van der Waals surface area contributed by atoms with Crippen LogP contribution in [0, 0.1) is 11.3 Å². The van der Waals surface area contributed by atoms with Crippen molar-refractivity contribution < 1.29 is 5.11 Å². The maximum atomic E-state index is 9.81. The summed E-state index contributed by atoms with van der Waals surface area (Å²) >= 11 is 0. The molecule has 0 saturated carbocycles. The molecule has 0 aliphatic carbocycles. The SMILES string of the molecule is CC(C)(C)NC(O)Cc1cccc(C#N)c1. The quantitative estimate of drug-likeness (QED) is 0.761. The zero-order chi connectivity index (χ0) is 12.2. The lowest BCUT2D eigenvalue weighted by molar-refractivity contribution is 0.106. The van der Waals surface area contributed by atoms with Crippen LogP contribution in [0.2, 0.25) is 0 Å². The minimum Gasteiger partial charge on any atom is -0.378 e. The third-order valence-corrected chi connectivity index (χ3v) is 2.08. The van der Waals surface area contributed by atoms with Crippen molar-refractivity contribution in [1.29, 1.82) is 5.26 Å². The van der Waals surface area contributed by atoms with Gasteiger partial charge in [-0.05, 0) is 38.5 Å². The number of aliphatic hydroxyl groups is 1. The molecule has 1 aromatic rings. The number of rotatable bonds is 3. The van der Waals surface area contributed by atoms with Crippen LogP contribution >= 0.6 is 0 Å². The van der Waals surface area contributed by atoms with Crippen LogP contribution in [0.4, 0.5) is 0 Å². The van der Waals surface area contributed by atoms with Crippen LogP contribution in [0.25, 0.3) is 0 Å². The Morgan fingerprint density at radius 3 is 2.69 bits per heavy atom. The molecule has 0 aliphatic heterocycles. The first-order valence-electron chi connectivity index (χ1n) is 5.35. The Morgan fingerprint density at radius 1 is 1.44 bits per heavy atom. The lowest BCUT2D eigenvalue weighted by atomic mass is 10.1. The van der Waals surface area contributed by atoms with Gasteiger partial charge in [-0.3, -0.25) is 5.32 Å². The maximum absolute atomic E-state index is 9.81. The highest BCUT2D eigenvalue weighted by Gasteiger charge is 2.15. The van der Waals surface area contributed by atoms with Crippen LogP contribution in [-0.4, -0.2) is 16.9 Å². The summed E-state index contributed by atoms with van der Waals surface area (Å²) < 4.78 is 0. The summed E-state index contributed by atoms with van der Waals surface area (Å²) in [7, 11) is 0. The lowest BCUT2D eigenvalue weighted by Crippen LogP contribution is -2.44. The van der Waals surface area contributed by atoms with Gasteiger partial charge in [0, 0.05) is 12.0 Å². The van der Waals surface area contributed by atoms with Gasteiger partial charge in [0.25, 0.3) is 0 Å². The van der Waals surface area contributed by atoms with Crippen LogP contribution < -0.4 is 5.32 Å². The number of nitrogens with one attached hydrogen (secondary N) is 1. The summed E-state index contributed by atoms with van der Waals surface area (Å²) in [5, 5.41) is 21.6. The molecule has 3 heteroatoms. The Balaban J connectivity index is 2.63. The van der Waals surface area contributed by atoms with Gasteiger partial charge < -0.3 is 5.11 Å². The van der Waals surface area contributed by atoms with E-state index in [9.17, 15) is 5.11 Å². The summed E-state index contributed by atoms with van der Waals surface area (Å²) in [6.07, 6.45) is -0.0822. The Hall–Kier alpha value is -1.37. The molecule has 1 rings (SSSR count). The van der Waals surface area contributed by atoms with Crippen LogP contribution in [-0.2, 0) is 6.42 Å². The van der Waals surface area contributed by atoms with Crippen molar-refractivity contribution in [2.45, 2.75) is 39.0 Å². The molecular formula is C13H18N2O. The Kier molecular flexibility index (Phi) is 4.05. The van der Waals surface area contributed by atoms with E-state index in [1.165, 1.54) is 0 Å². The topological polar surface area (TPSA) is 56.0 Å². The van der Waals surface area contributed by atoms with Crippen molar-refractivity contribution in [3.8, 4) is 6.07 Å². The molecule has 86 valence electrons. The molecule has 16 heavy (non-hydrogen) atoms. The summed E-state index contributed by atoms with van der Waals surface area (Å²) in [6, 6.07) is 9.39. The van der Waals surface area contributed by atoms with Gasteiger partial charge in [0.05, 0.1) is 11.6 Å². The van der Waals surface area contributed by atoms with Gasteiger partial charge in [0.15, 0.2) is 0 Å². The molecule has 1 atom stereocenters. The van der Waals surface area contributed by atoms with E-state index >= 15 is 0 Å². The zero-order valence-electron chi connectivity index (χ0n) is 9.99. The molecule has 0 aromatic heterocycles. The maximum Gasteiger partial charge on any atom is 0.109 e. The largest absolute Gasteiger partial charge is 0.378 e. The van der Waals surface area contributed by atoms with Crippen LogP contribution in [0.1, 0.15) is 31.9 Å². The Bertz CT molecular complexity index is 388. The highest BCUT2D eigenvalue weighted by Crippen LogP contribution is 2.08. The van der Waals surface area contributed by atoms with Gasteiger partial charge in [-0.25, -0.2) is 0 Å². The van der Waals surface area contributed by atoms with E-state index in [0.717, 1.165) is 5.56 Å². The number of nitrogens with zero attached hydrogens (tertiary/aromatic N) is 1. The van der Waals surface area contributed by atoms with E-state index < -0.39 is 6.23 Å². The van der Waals surface area contributed by atoms with E-state index in [1.54, 1.807) is 12.1 Å². The van der Waals surface area contributed by atoms with Crippen molar-refractivity contribution in [2.24, 2.45) is 0 Å². The number of hydrogen-bond donors (Lipinski definition) is 2. The second-order valence-electron chi connectivity index (χ2n) is 4.93.